The minimum absolute atomic E-state index is 0.0357. The van der Waals surface area contributed by atoms with E-state index >= 15 is 0 Å². The maximum Gasteiger partial charge on any atom is 0.175 e. The van der Waals surface area contributed by atoms with E-state index in [4.69, 9.17) is 4.84 Å². The molecule has 90 valence electrons. The quantitative estimate of drug-likeness (QED) is 0.800. The van der Waals surface area contributed by atoms with Crippen LogP contribution in [0.2, 0.25) is 0 Å². The standard InChI is InChI=1S/C11H17NO3S/c1-4-15-12-9(2)10-5-7-11(8-6-10)16(3,13)14/h5-9,12H,4H2,1-3H3. The van der Waals surface area contributed by atoms with Crippen molar-refractivity contribution < 1.29 is 13.3 Å². The minimum atomic E-state index is -3.11. The molecule has 0 heterocycles. The van der Waals surface area contributed by atoms with Gasteiger partial charge in [-0.2, -0.15) is 5.48 Å². The summed E-state index contributed by atoms with van der Waals surface area (Å²) in [5.74, 6) is 0. The van der Waals surface area contributed by atoms with Crippen LogP contribution in [0, 0.1) is 0 Å². The van der Waals surface area contributed by atoms with E-state index in [0.717, 1.165) is 5.56 Å². The van der Waals surface area contributed by atoms with Gasteiger partial charge in [-0.15, -0.1) is 0 Å². The molecule has 0 aliphatic rings. The lowest BCUT2D eigenvalue weighted by atomic mass is 10.1. The van der Waals surface area contributed by atoms with Gasteiger partial charge in [-0.05, 0) is 31.5 Å². The van der Waals surface area contributed by atoms with E-state index in [2.05, 4.69) is 5.48 Å². The fourth-order valence-electron chi connectivity index (χ4n) is 1.28. The smallest absolute Gasteiger partial charge is 0.175 e. The summed E-state index contributed by atoms with van der Waals surface area (Å²) < 4.78 is 22.5. The third kappa shape index (κ3) is 3.59. The Morgan fingerprint density at radius 3 is 2.31 bits per heavy atom. The van der Waals surface area contributed by atoms with E-state index in [1.807, 2.05) is 13.8 Å². The van der Waals surface area contributed by atoms with Crippen LogP contribution in [-0.4, -0.2) is 21.3 Å². The van der Waals surface area contributed by atoms with Gasteiger partial charge in [0.15, 0.2) is 9.84 Å². The van der Waals surface area contributed by atoms with Crippen molar-refractivity contribution in [1.82, 2.24) is 5.48 Å². The van der Waals surface area contributed by atoms with Crippen LogP contribution in [0.3, 0.4) is 0 Å². The lowest BCUT2D eigenvalue weighted by molar-refractivity contribution is 0.0285. The molecule has 1 aromatic rings. The zero-order chi connectivity index (χ0) is 12.2. The van der Waals surface area contributed by atoms with Crippen molar-refractivity contribution in [2.24, 2.45) is 0 Å². The van der Waals surface area contributed by atoms with Crippen LogP contribution in [0.1, 0.15) is 25.5 Å². The van der Waals surface area contributed by atoms with Crippen molar-refractivity contribution in [3.63, 3.8) is 0 Å². The largest absolute Gasteiger partial charge is 0.302 e. The van der Waals surface area contributed by atoms with Gasteiger partial charge in [0.2, 0.25) is 0 Å². The summed E-state index contributed by atoms with van der Waals surface area (Å²) in [5.41, 5.74) is 3.84. The van der Waals surface area contributed by atoms with Gasteiger partial charge in [0.1, 0.15) is 0 Å². The zero-order valence-electron chi connectivity index (χ0n) is 9.73. The number of hydroxylamine groups is 1. The summed E-state index contributed by atoms with van der Waals surface area (Å²) in [6.45, 7) is 4.43. The van der Waals surface area contributed by atoms with Crippen molar-refractivity contribution >= 4 is 9.84 Å². The summed E-state index contributed by atoms with van der Waals surface area (Å²) in [6.07, 6.45) is 1.20. The predicted molar refractivity (Wildman–Crippen MR) is 62.7 cm³/mol. The summed E-state index contributed by atoms with van der Waals surface area (Å²) in [5, 5.41) is 0. The van der Waals surface area contributed by atoms with E-state index in [9.17, 15) is 8.42 Å². The van der Waals surface area contributed by atoms with Crippen molar-refractivity contribution in [2.45, 2.75) is 24.8 Å². The summed E-state index contributed by atoms with van der Waals surface area (Å²) >= 11 is 0. The molecule has 1 rings (SSSR count). The van der Waals surface area contributed by atoms with Crippen LogP contribution < -0.4 is 5.48 Å². The second-order valence-electron chi connectivity index (χ2n) is 3.61. The first-order valence-corrected chi connectivity index (χ1v) is 7.01. The summed E-state index contributed by atoms with van der Waals surface area (Å²) in [6, 6.07) is 6.82. The van der Waals surface area contributed by atoms with Gasteiger partial charge in [-0.3, -0.25) is 0 Å². The Balaban J connectivity index is 2.79. The maximum atomic E-state index is 11.2. The molecule has 0 spiro atoms. The Bertz CT molecular complexity index is 425. The van der Waals surface area contributed by atoms with Crippen molar-refractivity contribution in [3.05, 3.63) is 29.8 Å². The second kappa shape index (κ2) is 5.43. The maximum absolute atomic E-state index is 11.2. The van der Waals surface area contributed by atoms with Crippen LogP contribution in [0.25, 0.3) is 0 Å². The molecule has 0 aromatic heterocycles. The molecule has 0 radical (unpaired) electrons. The molecular formula is C11H17NO3S. The Morgan fingerprint density at radius 1 is 1.31 bits per heavy atom. The Hall–Kier alpha value is -0.910. The highest BCUT2D eigenvalue weighted by molar-refractivity contribution is 7.90. The number of hydrogen-bond donors (Lipinski definition) is 1. The number of benzene rings is 1. The molecule has 0 fully saturated rings. The Labute approximate surface area is 96.5 Å². The molecule has 1 N–H and O–H groups in total. The van der Waals surface area contributed by atoms with Gasteiger partial charge in [0.05, 0.1) is 17.5 Å². The minimum Gasteiger partial charge on any atom is -0.302 e. The van der Waals surface area contributed by atoms with Gasteiger partial charge < -0.3 is 4.84 Å². The van der Waals surface area contributed by atoms with Gasteiger partial charge in [0.25, 0.3) is 0 Å². The highest BCUT2D eigenvalue weighted by Gasteiger charge is 2.09. The van der Waals surface area contributed by atoms with E-state index in [0.29, 0.717) is 11.5 Å². The summed E-state index contributed by atoms with van der Waals surface area (Å²) in [4.78, 5) is 5.41. The highest BCUT2D eigenvalue weighted by Crippen LogP contribution is 2.15. The average Bonchev–Trinajstić information content (AvgIpc) is 2.25. The van der Waals surface area contributed by atoms with Gasteiger partial charge >= 0.3 is 0 Å². The van der Waals surface area contributed by atoms with Crippen LogP contribution in [-0.2, 0) is 14.7 Å². The number of nitrogens with one attached hydrogen (secondary N) is 1. The average molecular weight is 243 g/mol. The highest BCUT2D eigenvalue weighted by atomic mass is 32.2. The molecule has 0 aliphatic carbocycles. The third-order valence-corrected chi connectivity index (χ3v) is 3.34. The van der Waals surface area contributed by atoms with Crippen molar-refractivity contribution in [3.8, 4) is 0 Å². The molecule has 4 nitrogen and oxygen atoms in total. The van der Waals surface area contributed by atoms with E-state index < -0.39 is 9.84 Å². The van der Waals surface area contributed by atoms with Crippen LogP contribution in [0.4, 0.5) is 0 Å². The zero-order valence-corrected chi connectivity index (χ0v) is 10.5. The van der Waals surface area contributed by atoms with Gasteiger partial charge in [0, 0.05) is 6.26 Å². The molecule has 0 aliphatic heterocycles. The normalized spacial score (nSPS) is 13.7. The fourth-order valence-corrected chi connectivity index (χ4v) is 1.91. The topological polar surface area (TPSA) is 55.4 Å². The predicted octanol–water partition coefficient (Wildman–Crippen LogP) is 1.69. The van der Waals surface area contributed by atoms with Crippen LogP contribution >= 0.6 is 0 Å². The fraction of sp³-hybridized carbons (Fsp3) is 0.455. The first-order valence-electron chi connectivity index (χ1n) is 5.12. The van der Waals surface area contributed by atoms with E-state index in [1.165, 1.54) is 6.26 Å². The van der Waals surface area contributed by atoms with Gasteiger partial charge in [-0.1, -0.05) is 12.1 Å². The molecule has 1 atom stereocenters. The summed E-state index contributed by atoms with van der Waals surface area (Å²) in [7, 11) is -3.11. The number of sulfone groups is 1. The first kappa shape index (κ1) is 13.2. The van der Waals surface area contributed by atoms with E-state index in [-0.39, 0.29) is 6.04 Å². The Morgan fingerprint density at radius 2 is 1.88 bits per heavy atom. The van der Waals surface area contributed by atoms with Gasteiger partial charge in [-0.25, -0.2) is 8.42 Å². The molecule has 0 amide bonds. The van der Waals surface area contributed by atoms with E-state index in [1.54, 1.807) is 24.3 Å². The lowest BCUT2D eigenvalue weighted by Crippen LogP contribution is -2.18. The first-order chi connectivity index (χ1) is 7.45. The molecule has 0 saturated heterocycles. The lowest BCUT2D eigenvalue weighted by Gasteiger charge is -2.13. The molecule has 1 unspecified atom stereocenters. The SMILES string of the molecule is CCONC(C)c1ccc(S(C)(=O)=O)cc1. The third-order valence-electron chi connectivity index (χ3n) is 2.21. The van der Waals surface area contributed by atoms with Crippen molar-refractivity contribution in [1.29, 1.82) is 0 Å². The number of hydrogen-bond acceptors (Lipinski definition) is 4. The Kier molecular flexibility index (Phi) is 4.46. The molecule has 0 saturated carbocycles. The second-order valence-corrected chi connectivity index (χ2v) is 5.63. The molecule has 16 heavy (non-hydrogen) atoms. The monoisotopic (exact) mass is 243 g/mol. The van der Waals surface area contributed by atoms with Crippen molar-refractivity contribution in [2.75, 3.05) is 12.9 Å². The molecule has 1 aromatic carbocycles. The number of rotatable bonds is 5. The molecule has 5 heteroatoms. The van der Waals surface area contributed by atoms with Crippen LogP contribution in [0.5, 0.6) is 0 Å². The molecular weight excluding hydrogens is 226 g/mol. The molecule has 0 bridgehead atoms. The van der Waals surface area contributed by atoms with Crippen LogP contribution in [0.15, 0.2) is 29.2 Å².